The van der Waals surface area contributed by atoms with Crippen LogP contribution in [0.4, 0.5) is 24.5 Å². The Hall–Kier alpha value is -3.10. The molecule has 1 N–H and O–H groups in total. The van der Waals surface area contributed by atoms with E-state index in [4.69, 9.17) is 0 Å². The second-order valence-electron chi connectivity index (χ2n) is 6.07. The molecule has 6 nitrogen and oxygen atoms in total. The summed E-state index contributed by atoms with van der Waals surface area (Å²) in [6.45, 7) is 3.85. The van der Waals surface area contributed by atoms with Crippen LogP contribution in [0.25, 0.3) is 0 Å². The van der Waals surface area contributed by atoms with Crippen LogP contribution in [0, 0.1) is 17.5 Å². The number of carbonyl (C=O) groups is 2. The molecular formula is C18H17F3N4O2. The highest BCUT2D eigenvalue weighted by Gasteiger charge is 2.21. The Bertz CT molecular complexity index is 883. The van der Waals surface area contributed by atoms with Crippen LogP contribution in [0.2, 0.25) is 0 Å². The van der Waals surface area contributed by atoms with E-state index in [0.717, 1.165) is 17.8 Å². The minimum atomic E-state index is -1.65. The van der Waals surface area contributed by atoms with Gasteiger partial charge in [-0.15, -0.1) is 0 Å². The van der Waals surface area contributed by atoms with Gasteiger partial charge in [-0.05, 0) is 24.3 Å². The molecule has 142 valence electrons. The van der Waals surface area contributed by atoms with E-state index in [1.807, 2.05) is 4.90 Å². The number of halogens is 3. The first-order valence-corrected chi connectivity index (χ1v) is 8.28. The Morgan fingerprint density at radius 2 is 1.74 bits per heavy atom. The van der Waals surface area contributed by atoms with E-state index >= 15 is 0 Å². The van der Waals surface area contributed by atoms with Crippen molar-refractivity contribution in [2.45, 2.75) is 6.92 Å². The lowest BCUT2D eigenvalue weighted by atomic mass is 10.2. The lowest BCUT2D eigenvalue weighted by molar-refractivity contribution is -0.129. The van der Waals surface area contributed by atoms with Gasteiger partial charge < -0.3 is 15.1 Å². The highest BCUT2D eigenvalue weighted by atomic mass is 19.2. The summed E-state index contributed by atoms with van der Waals surface area (Å²) in [5.41, 5.74) is 0.260. The van der Waals surface area contributed by atoms with Crippen molar-refractivity contribution in [1.29, 1.82) is 0 Å². The molecule has 1 aromatic heterocycles. The van der Waals surface area contributed by atoms with E-state index < -0.39 is 29.0 Å². The van der Waals surface area contributed by atoms with Crippen LogP contribution in [0.3, 0.4) is 0 Å². The largest absolute Gasteiger partial charge is 0.368 e. The van der Waals surface area contributed by atoms with Crippen molar-refractivity contribution in [3.8, 4) is 0 Å². The second kappa shape index (κ2) is 7.65. The monoisotopic (exact) mass is 378 g/mol. The molecule has 1 fully saturated rings. The fourth-order valence-electron chi connectivity index (χ4n) is 2.83. The van der Waals surface area contributed by atoms with Crippen molar-refractivity contribution < 1.29 is 22.8 Å². The Labute approximate surface area is 153 Å². The summed E-state index contributed by atoms with van der Waals surface area (Å²) in [6, 6.07) is 4.91. The minimum absolute atomic E-state index is 0.00521. The minimum Gasteiger partial charge on any atom is -0.368 e. The summed E-state index contributed by atoms with van der Waals surface area (Å²) in [5.74, 6) is -5.20. The van der Waals surface area contributed by atoms with Crippen LogP contribution >= 0.6 is 0 Å². The third-order valence-electron chi connectivity index (χ3n) is 4.35. The molecule has 0 saturated carbocycles. The number of nitrogens with zero attached hydrogens (tertiary/aromatic N) is 3. The highest BCUT2D eigenvalue weighted by molar-refractivity contribution is 6.03. The molecule has 0 atom stereocenters. The molecule has 1 aromatic carbocycles. The van der Waals surface area contributed by atoms with Gasteiger partial charge in [0.2, 0.25) is 5.91 Å². The molecule has 0 spiro atoms. The molecule has 2 amide bonds. The maximum absolute atomic E-state index is 13.7. The van der Waals surface area contributed by atoms with Gasteiger partial charge in [0.1, 0.15) is 5.69 Å². The third-order valence-corrected chi connectivity index (χ3v) is 4.35. The lowest BCUT2D eigenvalue weighted by Gasteiger charge is -2.35. The van der Waals surface area contributed by atoms with Gasteiger partial charge >= 0.3 is 0 Å². The van der Waals surface area contributed by atoms with Crippen molar-refractivity contribution >= 4 is 23.2 Å². The number of aromatic nitrogens is 1. The van der Waals surface area contributed by atoms with Crippen LogP contribution < -0.4 is 10.2 Å². The number of nitrogens with one attached hydrogen (secondary N) is 1. The first-order chi connectivity index (χ1) is 12.9. The van der Waals surface area contributed by atoms with Gasteiger partial charge in [-0.3, -0.25) is 14.6 Å². The normalized spacial score (nSPS) is 14.2. The topological polar surface area (TPSA) is 65.5 Å². The van der Waals surface area contributed by atoms with Crippen LogP contribution in [0.1, 0.15) is 17.4 Å². The average Bonchev–Trinajstić information content (AvgIpc) is 2.68. The molecule has 0 unspecified atom stereocenters. The third kappa shape index (κ3) is 4.02. The Morgan fingerprint density at radius 3 is 2.41 bits per heavy atom. The van der Waals surface area contributed by atoms with Crippen molar-refractivity contribution in [1.82, 2.24) is 9.88 Å². The van der Waals surface area contributed by atoms with Crippen LogP contribution in [-0.4, -0.2) is 47.9 Å². The first-order valence-electron chi connectivity index (χ1n) is 8.28. The summed E-state index contributed by atoms with van der Waals surface area (Å²) < 4.78 is 40.0. The standard InChI is InChI=1S/C18H17F3N4O2/c1-11(26)24-6-8-25(9-7-24)12-4-5-22-15(10-12)18(27)23-14-3-2-13(19)16(20)17(14)21/h2-5,10H,6-9H2,1H3,(H,23,27). The predicted octanol–water partition coefficient (Wildman–Crippen LogP) is 2.42. The van der Waals surface area contributed by atoms with Gasteiger partial charge in [0.15, 0.2) is 17.5 Å². The van der Waals surface area contributed by atoms with Crippen LogP contribution in [0.5, 0.6) is 0 Å². The summed E-state index contributed by atoms with van der Waals surface area (Å²) in [6.07, 6.45) is 1.43. The molecular weight excluding hydrogens is 361 g/mol. The first kappa shape index (κ1) is 18.7. The number of hydrogen-bond donors (Lipinski definition) is 1. The zero-order chi connectivity index (χ0) is 19.6. The van der Waals surface area contributed by atoms with Gasteiger partial charge in [-0.1, -0.05) is 0 Å². The van der Waals surface area contributed by atoms with Gasteiger partial charge in [0, 0.05) is 45.0 Å². The molecule has 0 bridgehead atoms. The molecule has 2 heterocycles. The maximum atomic E-state index is 13.7. The number of amides is 2. The van der Waals surface area contributed by atoms with E-state index in [1.165, 1.54) is 19.2 Å². The Kier molecular flexibility index (Phi) is 5.29. The Balaban J connectivity index is 1.73. The number of pyridine rings is 1. The van der Waals surface area contributed by atoms with E-state index in [-0.39, 0.29) is 11.6 Å². The number of carbonyl (C=O) groups excluding carboxylic acids is 2. The van der Waals surface area contributed by atoms with Gasteiger partial charge in [0.25, 0.3) is 5.91 Å². The zero-order valence-corrected chi connectivity index (χ0v) is 14.5. The lowest BCUT2D eigenvalue weighted by Crippen LogP contribution is -2.48. The van der Waals surface area contributed by atoms with Crippen molar-refractivity contribution in [3.63, 3.8) is 0 Å². The van der Waals surface area contributed by atoms with E-state index in [1.54, 1.807) is 11.0 Å². The summed E-state index contributed by atoms with van der Waals surface area (Å²) in [4.78, 5) is 31.4. The molecule has 1 saturated heterocycles. The maximum Gasteiger partial charge on any atom is 0.274 e. The summed E-state index contributed by atoms with van der Waals surface area (Å²) in [5, 5.41) is 2.19. The highest BCUT2D eigenvalue weighted by Crippen LogP contribution is 2.21. The molecule has 0 aliphatic carbocycles. The van der Waals surface area contributed by atoms with Gasteiger partial charge in [0.05, 0.1) is 5.69 Å². The molecule has 2 aromatic rings. The number of piperazine rings is 1. The molecule has 3 rings (SSSR count). The van der Waals surface area contributed by atoms with Crippen molar-refractivity contribution in [3.05, 3.63) is 53.6 Å². The SMILES string of the molecule is CC(=O)N1CCN(c2ccnc(C(=O)Nc3ccc(F)c(F)c3F)c2)CC1. The second-order valence-corrected chi connectivity index (χ2v) is 6.07. The van der Waals surface area contributed by atoms with Crippen molar-refractivity contribution in [2.24, 2.45) is 0 Å². The number of hydrogen-bond acceptors (Lipinski definition) is 4. The van der Waals surface area contributed by atoms with Crippen LogP contribution in [-0.2, 0) is 4.79 Å². The number of rotatable bonds is 3. The summed E-state index contributed by atoms with van der Waals surface area (Å²) in [7, 11) is 0. The molecule has 27 heavy (non-hydrogen) atoms. The van der Waals surface area contributed by atoms with E-state index in [0.29, 0.717) is 26.2 Å². The summed E-state index contributed by atoms with van der Waals surface area (Å²) >= 11 is 0. The van der Waals surface area contributed by atoms with Crippen molar-refractivity contribution in [2.75, 3.05) is 36.4 Å². The number of benzene rings is 1. The zero-order valence-electron chi connectivity index (χ0n) is 14.5. The van der Waals surface area contributed by atoms with Gasteiger partial charge in [-0.25, -0.2) is 13.2 Å². The molecule has 9 heteroatoms. The van der Waals surface area contributed by atoms with Crippen LogP contribution in [0.15, 0.2) is 30.5 Å². The fraction of sp³-hybridized carbons (Fsp3) is 0.278. The Morgan fingerprint density at radius 1 is 1.04 bits per heavy atom. The van der Waals surface area contributed by atoms with Gasteiger partial charge in [-0.2, -0.15) is 0 Å². The smallest absolute Gasteiger partial charge is 0.274 e. The molecule has 0 radical (unpaired) electrons. The molecule has 1 aliphatic rings. The van der Waals surface area contributed by atoms with E-state index in [2.05, 4.69) is 10.3 Å². The molecule has 1 aliphatic heterocycles. The average molecular weight is 378 g/mol. The number of anilines is 2. The van der Waals surface area contributed by atoms with E-state index in [9.17, 15) is 22.8 Å². The fourth-order valence-corrected chi connectivity index (χ4v) is 2.83. The quantitative estimate of drug-likeness (QED) is 0.834. The predicted molar refractivity (Wildman–Crippen MR) is 93.0 cm³/mol.